The molecule has 20 heavy (non-hydrogen) atoms. The number of hydrogen-bond donors (Lipinski definition) is 1. The van der Waals surface area contributed by atoms with Crippen molar-refractivity contribution in [3.63, 3.8) is 0 Å². The number of nitrogens with zero attached hydrogens (tertiary/aromatic N) is 2. The Labute approximate surface area is 128 Å². The van der Waals surface area contributed by atoms with E-state index in [1.54, 1.807) is 11.3 Å². The maximum absolute atomic E-state index is 4.85. The second-order valence-electron chi connectivity index (χ2n) is 6.02. The lowest BCUT2D eigenvalue weighted by molar-refractivity contribution is 0.517. The zero-order valence-electron chi connectivity index (χ0n) is 11.8. The van der Waals surface area contributed by atoms with Gasteiger partial charge in [-0.1, -0.05) is 0 Å². The third-order valence-corrected chi connectivity index (χ3v) is 6.48. The Kier molecular flexibility index (Phi) is 3.52. The van der Waals surface area contributed by atoms with E-state index >= 15 is 0 Å². The molecule has 0 amide bonds. The van der Waals surface area contributed by atoms with Crippen molar-refractivity contribution in [3.05, 3.63) is 23.0 Å². The van der Waals surface area contributed by atoms with E-state index in [0.29, 0.717) is 6.04 Å². The molecule has 2 aliphatic rings. The summed E-state index contributed by atoms with van der Waals surface area (Å²) >= 11 is 3.78. The first-order valence-electron chi connectivity index (χ1n) is 7.55. The van der Waals surface area contributed by atoms with Gasteiger partial charge in [-0.25, -0.2) is 4.98 Å². The largest absolute Gasteiger partial charge is 0.308 e. The minimum atomic E-state index is 0.698. The van der Waals surface area contributed by atoms with Crippen LogP contribution in [0.15, 0.2) is 11.6 Å². The lowest BCUT2D eigenvalue weighted by atomic mass is 10.2. The molecule has 2 aromatic rings. The fourth-order valence-corrected chi connectivity index (χ4v) is 4.83. The van der Waals surface area contributed by atoms with Crippen LogP contribution in [-0.2, 0) is 6.54 Å². The second kappa shape index (κ2) is 5.35. The molecule has 4 rings (SSSR count). The van der Waals surface area contributed by atoms with Crippen LogP contribution >= 0.6 is 23.1 Å². The van der Waals surface area contributed by atoms with Crippen LogP contribution in [0.2, 0.25) is 0 Å². The fraction of sp³-hybridized carbons (Fsp3) is 0.667. The number of rotatable bonds is 5. The van der Waals surface area contributed by atoms with Gasteiger partial charge in [0.25, 0.3) is 0 Å². The van der Waals surface area contributed by atoms with Crippen molar-refractivity contribution in [2.24, 2.45) is 0 Å². The molecule has 2 aliphatic carbocycles. The van der Waals surface area contributed by atoms with Gasteiger partial charge in [-0.2, -0.15) is 11.8 Å². The average Bonchev–Trinajstić information content (AvgIpc) is 2.89. The molecule has 0 spiro atoms. The van der Waals surface area contributed by atoms with Gasteiger partial charge in [0, 0.05) is 35.3 Å². The van der Waals surface area contributed by atoms with Crippen molar-refractivity contribution in [1.29, 1.82) is 0 Å². The van der Waals surface area contributed by atoms with Gasteiger partial charge >= 0.3 is 0 Å². The summed E-state index contributed by atoms with van der Waals surface area (Å²) in [5, 5.41) is 6.79. The minimum absolute atomic E-state index is 0.698. The first-order chi connectivity index (χ1) is 9.85. The van der Waals surface area contributed by atoms with E-state index in [2.05, 4.69) is 27.6 Å². The molecule has 2 heterocycles. The van der Waals surface area contributed by atoms with Crippen molar-refractivity contribution < 1.29 is 0 Å². The highest BCUT2D eigenvalue weighted by molar-refractivity contribution is 7.99. The molecule has 0 radical (unpaired) electrons. The average molecular weight is 307 g/mol. The molecule has 3 nitrogen and oxygen atoms in total. The summed E-state index contributed by atoms with van der Waals surface area (Å²) in [7, 11) is 0. The van der Waals surface area contributed by atoms with Crippen LogP contribution in [0.1, 0.15) is 49.4 Å². The Hall–Kier alpha value is -0.520. The van der Waals surface area contributed by atoms with E-state index in [0.717, 1.165) is 22.7 Å². The predicted molar refractivity (Wildman–Crippen MR) is 86.8 cm³/mol. The summed E-state index contributed by atoms with van der Waals surface area (Å²) in [5.41, 5.74) is 2.78. The number of nitrogens with one attached hydrogen (secondary N) is 1. The third kappa shape index (κ3) is 2.40. The highest BCUT2D eigenvalue weighted by atomic mass is 32.2. The molecule has 0 unspecified atom stereocenters. The van der Waals surface area contributed by atoms with E-state index in [-0.39, 0.29) is 0 Å². The monoisotopic (exact) mass is 307 g/mol. The van der Waals surface area contributed by atoms with Crippen molar-refractivity contribution in [3.8, 4) is 0 Å². The lowest BCUT2D eigenvalue weighted by Crippen LogP contribution is -2.27. The summed E-state index contributed by atoms with van der Waals surface area (Å²) in [5.74, 6) is 0.737. The van der Waals surface area contributed by atoms with Gasteiger partial charge in [0.15, 0.2) is 4.96 Å². The van der Waals surface area contributed by atoms with E-state index in [4.69, 9.17) is 4.98 Å². The van der Waals surface area contributed by atoms with Gasteiger partial charge in [0.1, 0.15) is 0 Å². The first-order valence-corrected chi connectivity index (χ1v) is 9.72. The zero-order chi connectivity index (χ0) is 13.5. The SMILES string of the molecule is CS[C@@H]1CC[C@H](NCc2c(C3CC3)nc3sccn23)C1. The van der Waals surface area contributed by atoms with Crippen molar-refractivity contribution in [2.75, 3.05) is 6.26 Å². The predicted octanol–water partition coefficient (Wildman–Crippen LogP) is 3.65. The van der Waals surface area contributed by atoms with Crippen molar-refractivity contribution >= 4 is 28.1 Å². The minimum Gasteiger partial charge on any atom is -0.308 e. The topological polar surface area (TPSA) is 29.3 Å². The second-order valence-corrected chi connectivity index (χ2v) is 8.03. The molecule has 0 aliphatic heterocycles. The van der Waals surface area contributed by atoms with Crippen molar-refractivity contribution in [2.45, 2.75) is 55.9 Å². The van der Waals surface area contributed by atoms with Gasteiger partial charge in [0.2, 0.25) is 0 Å². The van der Waals surface area contributed by atoms with Crippen LogP contribution in [0.5, 0.6) is 0 Å². The summed E-state index contributed by atoms with van der Waals surface area (Å²) in [6.07, 6.45) is 11.1. The van der Waals surface area contributed by atoms with Crippen LogP contribution < -0.4 is 5.32 Å². The number of imidazole rings is 1. The molecule has 2 fully saturated rings. The summed E-state index contributed by atoms with van der Waals surface area (Å²) in [4.78, 5) is 6.01. The molecule has 0 bridgehead atoms. The molecule has 2 atom stereocenters. The molecule has 5 heteroatoms. The maximum Gasteiger partial charge on any atom is 0.194 e. The fourth-order valence-electron chi connectivity index (χ4n) is 3.29. The standard InChI is InChI=1S/C15H21N3S2/c1-19-12-5-4-11(8-12)16-9-13-14(10-2-3-10)17-15-18(13)6-7-20-15/h6-7,10-12,16H,2-5,8-9H2,1H3/t11-,12+/m0/s1. The highest BCUT2D eigenvalue weighted by Gasteiger charge is 2.31. The van der Waals surface area contributed by atoms with Gasteiger partial charge in [0.05, 0.1) is 11.4 Å². The Bertz CT molecular complexity index is 599. The van der Waals surface area contributed by atoms with Crippen molar-refractivity contribution in [1.82, 2.24) is 14.7 Å². The first kappa shape index (κ1) is 13.2. The molecule has 2 aromatic heterocycles. The van der Waals surface area contributed by atoms with E-state index in [1.807, 2.05) is 11.8 Å². The highest BCUT2D eigenvalue weighted by Crippen LogP contribution is 2.42. The lowest BCUT2D eigenvalue weighted by Gasteiger charge is -2.13. The Morgan fingerprint density at radius 2 is 2.30 bits per heavy atom. The number of aromatic nitrogens is 2. The Morgan fingerprint density at radius 3 is 3.05 bits per heavy atom. The van der Waals surface area contributed by atoms with Crippen LogP contribution in [-0.4, -0.2) is 26.9 Å². The summed E-state index contributed by atoms with van der Waals surface area (Å²) < 4.78 is 2.30. The summed E-state index contributed by atoms with van der Waals surface area (Å²) in [6, 6.07) is 0.698. The molecular weight excluding hydrogens is 286 g/mol. The maximum atomic E-state index is 4.85. The molecule has 0 saturated heterocycles. The zero-order valence-corrected chi connectivity index (χ0v) is 13.5. The third-order valence-electron chi connectivity index (χ3n) is 4.63. The number of thioether (sulfide) groups is 1. The van der Waals surface area contributed by atoms with Crippen LogP contribution in [0.25, 0.3) is 4.96 Å². The number of fused-ring (bicyclic) bond motifs is 1. The van der Waals surface area contributed by atoms with Crippen LogP contribution in [0.3, 0.4) is 0 Å². The van der Waals surface area contributed by atoms with E-state index < -0.39 is 0 Å². The summed E-state index contributed by atoms with van der Waals surface area (Å²) in [6.45, 7) is 0.982. The van der Waals surface area contributed by atoms with Gasteiger partial charge in [-0.15, -0.1) is 11.3 Å². The Morgan fingerprint density at radius 1 is 1.40 bits per heavy atom. The quantitative estimate of drug-likeness (QED) is 0.914. The van der Waals surface area contributed by atoms with Gasteiger partial charge in [-0.3, -0.25) is 4.40 Å². The van der Waals surface area contributed by atoms with Gasteiger partial charge < -0.3 is 5.32 Å². The van der Waals surface area contributed by atoms with Crippen LogP contribution in [0, 0.1) is 0 Å². The number of thiazole rings is 1. The smallest absolute Gasteiger partial charge is 0.194 e. The molecule has 2 saturated carbocycles. The van der Waals surface area contributed by atoms with E-state index in [9.17, 15) is 0 Å². The van der Waals surface area contributed by atoms with Crippen LogP contribution in [0.4, 0.5) is 0 Å². The molecular formula is C15H21N3S2. The number of hydrogen-bond acceptors (Lipinski definition) is 4. The molecule has 108 valence electrons. The molecule has 0 aromatic carbocycles. The van der Waals surface area contributed by atoms with E-state index in [1.165, 1.54) is 43.5 Å². The normalized spacial score (nSPS) is 26.6. The van der Waals surface area contributed by atoms with Gasteiger partial charge in [-0.05, 0) is 38.4 Å². The molecule has 1 N–H and O–H groups in total. The Balaban J connectivity index is 1.50.